The Morgan fingerprint density at radius 1 is 1.05 bits per heavy atom. The van der Waals surface area contributed by atoms with Crippen LogP contribution in [-0.4, -0.2) is 34.7 Å². The lowest BCUT2D eigenvalue weighted by molar-refractivity contribution is -0.139. The van der Waals surface area contributed by atoms with E-state index in [1.807, 2.05) is 0 Å². The Morgan fingerprint density at radius 2 is 1.68 bits per heavy atom. The number of aliphatic carboxylic acids is 2. The molecule has 1 unspecified atom stereocenters. The minimum absolute atomic E-state index is 0.278. The summed E-state index contributed by atoms with van der Waals surface area (Å²) in [4.78, 5) is 20.1. The van der Waals surface area contributed by atoms with E-state index < -0.39 is 18.0 Å². The molecule has 0 amide bonds. The smallest absolute Gasteiger partial charge is 0.320 e. The molecule has 6 nitrogen and oxygen atoms in total. The minimum atomic E-state index is -0.892. The number of rotatable bonds is 10. The highest BCUT2D eigenvalue weighted by Gasteiger charge is 2.09. The number of nitrogens with two attached hydrogens (primary N) is 2. The number of hydrogen-bond donors (Lipinski definition) is 4. The SMILES string of the molecule is CCCCCC(N)C(=O)O.NCCCCCC(=O)O. The molecule has 0 aromatic rings. The van der Waals surface area contributed by atoms with E-state index in [9.17, 15) is 9.59 Å². The van der Waals surface area contributed by atoms with Crippen LogP contribution in [0.25, 0.3) is 0 Å². The molecule has 6 N–H and O–H groups in total. The molecule has 0 bridgehead atoms. The normalized spacial score (nSPS) is 11.3. The number of carboxylic acid groups (broad SMARTS) is 2. The Bertz CT molecular complexity index is 235. The first-order valence-corrected chi connectivity index (χ1v) is 6.85. The van der Waals surface area contributed by atoms with Crippen LogP contribution in [0.2, 0.25) is 0 Å². The average Bonchev–Trinajstić information content (AvgIpc) is 2.35. The molecule has 0 aromatic carbocycles. The van der Waals surface area contributed by atoms with E-state index >= 15 is 0 Å². The van der Waals surface area contributed by atoms with E-state index in [0.29, 0.717) is 13.0 Å². The second-order valence-electron chi connectivity index (χ2n) is 4.43. The molecular weight excluding hydrogens is 248 g/mol. The van der Waals surface area contributed by atoms with E-state index in [4.69, 9.17) is 21.7 Å². The van der Waals surface area contributed by atoms with Crippen molar-refractivity contribution in [3.63, 3.8) is 0 Å². The van der Waals surface area contributed by atoms with Gasteiger partial charge in [0.15, 0.2) is 0 Å². The maximum absolute atomic E-state index is 10.2. The van der Waals surface area contributed by atoms with Crippen LogP contribution in [0.3, 0.4) is 0 Å². The molecule has 19 heavy (non-hydrogen) atoms. The van der Waals surface area contributed by atoms with Crippen molar-refractivity contribution in [3.8, 4) is 0 Å². The highest BCUT2D eigenvalue weighted by Crippen LogP contribution is 2.01. The van der Waals surface area contributed by atoms with E-state index in [1.165, 1.54) is 0 Å². The summed E-state index contributed by atoms with van der Waals surface area (Å²) in [6, 6.07) is -0.661. The topological polar surface area (TPSA) is 127 Å². The van der Waals surface area contributed by atoms with Gasteiger partial charge in [0.25, 0.3) is 0 Å². The van der Waals surface area contributed by atoms with Crippen LogP contribution in [0.1, 0.15) is 58.3 Å². The molecule has 0 heterocycles. The van der Waals surface area contributed by atoms with Crippen LogP contribution in [0.4, 0.5) is 0 Å². The minimum Gasteiger partial charge on any atom is -0.481 e. The van der Waals surface area contributed by atoms with E-state index in [-0.39, 0.29) is 6.42 Å². The van der Waals surface area contributed by atoms with Crippen molar-refractivity contribution >= 4 is 11.9 Å². The Kier molecular flexibility index (Phi) is 15.8. The summed E-state index contributed by atoms with van der Waals surface area (Å²) in [5, 5.41) is 16.5. The van der Waals surface area contributed by atoms with Crippen molar-refractivity contribution in [2.75, 3.05) is 6.54 Å². The first-order valence-electron chi connectivity index (χ1n) is 6.85. The molecule has 0 aliphatic rings. The van der Waals surface area contributed by atoms with Crippen molar-refractivity contribution in [3.05, 3.63) is 0 Å². The monoisotopic (exact) mass is 276 g/mol. The zero-order chi connectivity index (χ0) is 15.1. The fourth-order valence-electron chi connectivity index (χ4n) is 1.34. The summed E-state index contributed by atoms with van der Waals surface area (Å²) in [7, 11) is 0. The number of carboxylic acids is 2. The summed E-state index contributed by atoms with van der Waals surface area (Å²) >= 11 is 0. The first-order chi connectivity index (χ1) is 8.95. The molecule has 1 atom stereocenters. The fourth-order valence-corrected chi connectivity index (χ4v) is 1.34. The Labute approximate surface area is 115 Å². The van der Waals surface area contributed by atoms with Gasteiger partial charge < -0.3 is 21.7 Å². The molecule has 114 valence electrons. The van der Waals surface area contributed by atoms with Gasteiger partial charge in [0.1, 0.15) is 6.04 Å². The quantitative estimate of drug-likeness (QED) is 0.448. The summed E-state index contributed by atoms with van der Waals surface area (Å²) < 4.78 is 0. The van der Waals surface area contributed by atoms with Crippen LogP contribution in [0, 0.1) is 0 Å². The molecule has 0 fully saturated rings. The predicted molar refractivity (Wildman–Crippen MR) is 74.9 cm³/mol. The molecule has 0 rings (SSSR count). The van der Waals surface area contributed by atoms with Crippen LogP contribution in [0.15, 0.2) is 0 Å². The molecule has 0 saturated heterocycles. The Balaban J connectivity index is 0. The average molecular weight is 276 g/mol. The predicted octanol–water partition coefficient (Wildman–Crippen LogP) is 1.57. The molecule has 0 radical (unpaired) electrons. The zero-order valence-electron chi connectivity index (χ0n) is 11.8. The van der Waals surface area contributed by atoms with Gasteiger partial charge in [-0.15, -0.1) is 0 Å². The molecular formula is C13H28N2O4. The molecule has 0 aliphatic heterocycles. The van der Waals surface area contributed by atoms with Gasteiger partial charge in [-0.3, -0.25) is 9.59 Å². The number of carbonyl (C=O) groups is 2. The molecule has 0 spiro atoms. The van der Waals surface area contributed by atoms with Gasteiger partial charge in [-0.25, -0.2) is 0 Å². The van der Waals surface area contributed by atoms with Crippen LogP contribution >= 0.6 is 0 Å². The third kappa shape index (κ3) is 19.4. The second-order valence-corrected chi connectivity index (χ2v) is 4.43. The van der Waals surface area contributed by atoms with Gasteiger partial charge in [-0.1, -0.05) is 32.6 Å². The number of hydrogen-bond acceptors (Lipinski definition) is 4. The highest BCUT2D eigenvalue weighted by atomic mass is 16.4. The van der Waals surface area contributed by atoms with Crippen molar-refractivity contribution in [1.82, 2.24) is 0 Å². The van der Waals surface area contributed by atoms with Crippen LogP contribution < -0.4 is 11.5 Å². The maximum Gasteiger partial charge on any atom is 0.320 e. The molecule has 6 heteroatoms. The lowest BCUT2D eigenvalue weighted by Gasteiger charge is -2.03. The summed E-state index contributed by atoms with van der Waals surface area (Å²) in [5.74, 6) is -1.61. The third-order valence-corrected chi connectivity index (χ3v) is 2.53. The van der Waals surface area contributed by atoms with Gasteiger partial charge >= 0.3 is 11.9 Å². The summed E-state index contributed by atoms with van der Waals surface area (Å²) in [6.45, 7) is 2.74. The van der Waals surface area contributed by atoms with Crippen molar-refractivity contribution in [1.29, 1.82) is 0 Å². The number of unbranched alkanes of at least 4 members (excludes halogenated alkanes) is 4. The molecule has 0 aliphatic carbocycles. The van der Waals surface area contributed by atoms with E-state index in [2.05, 4.69) is 6.92 Å². The summed E-state index contributed by atoms with van der Waals surface area (Å²) in [6.07, 6.45) is 6.60. The molecule has 0 aromatic heterocycles. The fraction of sp³-hybridized carbons (Fsp3) is 0.846. The Morgan fingerprint density at radius 3 is 2.11 bits per heavy atom. The van der Waals surface area contributed by atoms with Crippen molar-refractivity contribution in [2.45, 2.75) is 64.3 Å². The van der Waals surface area contributed by atoms with Crippen LogP contribution in [0.5, 0.6) is 0 Å². The van der Waals surface area contributed by atoms with Gasteiger partial charge in [-0.2, -0.15) is 0 Å². The zero-order valence-corrected chi connectivity index (χ0v) is 11.8. The van der Waals surface area contributed by atoms with E-state index in [1.54, 1.807) is 0 Å². The van der Waals surface area contributed by atoms with E-state index in [0.717, 1.165) is 38.5 Å². The standard InChI is InChI=1S/C7H15NO2.C6H13NO2/c1-2-3-4-5-6(8)7(9)10;7-5-3-1-2-4-6(8)9/h6H,2-5,8H2,1H3,(H,9,10);1-5,7H2,(H,8,9). The highest BCUT2D eigenvalue weighted by molar-refractivity contribution is 5.72. The third-order valence-electron chi connectivity index (χ3n) is 2.53. The van der Waals surface area contributed by atoms with Gasteiger partial charge in [0.2, 0.25) is 0 Å². The Hall–Kier alpha value is -1.14. The lowest BCUT2D eigenvalue weighted by atomic mass is 10.1. The van der Waals surface area contributed by atoms with Crippen molar-refractivity contribution < 1.29 is 19.8 Å². The lowest BCUT2D eigenvalue weighted by Crippen LogP contribution is -2.29. The second kappa shape index (κ2) is 14.9. The summed E-state index contributed by atoms with van der Waals surface area (Å²) in [5.41, 5.74) is 10.5. The largest absolute Gasteiger partial charge is 0.481 e. The van der Waals surface area contributed by atoms with Crippen molar-refractivity contribution in [2.24, 2.45) is 11.5 Å². The molecule has 0 saturated carbocycles. The van der Waals surface area contributed by atoms with Crippen LogP contribution in [-0.2, 0) is 9.59 Å². The van der Waals surface area contributed by atoms with Gasteiger partial charge in [0, 0.05) is 6.42 Å². The van der Waals surface area contributed by atoms with Gasteiger partial charge in [0.05, 0.1) is 0 Å². The maximum atomic E-state index is 10.2. The first kappa shape index (κ1) is 20.2. The van der Waals surface area contributed by atoms with Gasteiger partial charge in [-0.05, 0) is 25.8 Å².